The summed E-state index contributed by atoms with van der Waals surface area (Å²) in [5.41, 5.74) is 1.94. The number of carbonyl (C=O) groups excluding carboxylic acids is 3. The number of anilines is 3. The van der Waals surface area contributed by atoms with Gasteiger partial charge in [0, 0.05) is 37.8 Å². The lowest BCUT2D eigenvalue weighted by Crippen LogP contribution is -2.43. The van der Waals surface area contributed by atoms with Gasteiger partial charge in [-0.3, -0.25) is 4.79 Å². The average Bonchev–Trinajstić information content (AvgIpc) is 3.36. The third kappa shape index (κ3) is 5.38. The fraction of sp³-hybridized carbons (Fsp3) is 0.375. The first kappa shape index (κ1) is 21.7. The van der Waals surface area contributed by atoms with Crippen LogP contribution in [0.2, 0.25) is 0 Å². The summed E-state index contributed by atoms with van der Waals surface area (Å²) in [6, 6.07) is 16.3. The van der Waals surface area contributed by atoms with E-state index < -0.39 is 0 Å². The summed E-state index contributed by atoms with van der Waals surface area (Å²) in [6.45, 7) is 2.56. The lowest BCUT2D eigenvalue weighted by atomic mass is 9.96. The molecule has 8 nitrogen and oxygen atoms in total. The summed E-state index contributed by atoms with van der Waals surface area (Å²) in [5.74, 6) is -0.269. The number of piperidine rings is 1. The van der Waals surface area contributed by atoms with Crippen LogP contribution in [0.4, 0.5) is 26.7 Å². The van der Waals surface area contributed by atoms with Crippen molar-refractivity contribution in [1.29, 1.82) is 0 Å². The highest BCUT2D eigenvalue weighted by Crippen LogP contribution is 2.25. The van der Waals surface area contributed by atoms with E-state index >= 15 is 0 Å². The van der Waals surface area contributed by atoms with Gasteiger partial charge >= 0.3 is 12.1 Å². The fourth-order valence-electron chi connectivity index (χ4n) is 4.12. The van der Waals surface area contributed by atoms with Gasteiger partial charge in [0.25, 0.3) is 0 Å². The standard InChI is InChI=1S/C24H29N5O3/c30-22(18-12-16-29(17-13-18)23(31)25-19-8-2-1-3-9-19)26-20-10-4-5-11-21(20)27-24(32)28-14-6-7-15-28/h1-5,8-11,18H,6-7,12-17H2,(H,25,31)(H,26,30)(H,27,32). The molecule has 2 aromatic carbocycles. The molecule has 0 unspecified atom stereocenters. The summed E-state index contributed by atoms with van der Waals surface area (Å²) in [5, 5.41) is 8.77. The zero-order valence-corrected chi connectivity index (χ0v) is 18.0. The zero-order valence-electron chi connectivity index (χ0n) is 18.0. The Morgan fingerprint density at radius 2 is 1.19 bits per heavy atom. The Balaban J connectivity index is 1.29. The summed E-state index contributed by atoms with van der Waals surface area (Å²) >= 11 is 0. The molecule has 0 aliphatic carbocycles. The van der Waals surface area contributed by atoms with Crippen LogP contribution in [-0.4, -0.2) is 53.9 Å². The molecule has 2 aromatic rings. The molecule has 3 N–H and O–H groups in total. The molecule has 4 rings (SSSR count). The highest BCUT2D eigenvalue weighted by Gasteiger charge is 2.28. The van der Waals surface area contributed by atoms with Gasteiger partial charge < -0.3 is 25.8 Å². The number of amides is 5. The molecule has 2 fully saturated rings. The smallest absolute Gasteiger partial charge is 0.321 e. The fourth-order valence-corrected chi connectivity index (χ4v) is 4.12. The van der Waals surface area contributed by atoms with Gasteiger partial charge in [-0.2, -0.15) is 0 Å². The monoisotopic (exact) mass is 435 g/mol. The van der Waals surface area contributed by atoms with Crippen LogP contribution in [0.25, 0.3) is 0 Å². The van der Waals surface area contributed by atoms with Crippen molar-refractivity contribution in [2.75, 3.05) is 42.1 Å². The van der Waals surface area contributed by atoms with Crippen LogP contribution in [0.5, 0.6) is 0 Å². The Labute approximate surface area is 188 Å². The Bertz CT molecular complexity index is 951. The number of hydrogen-bond donors (Lipinski definition) is 3. The van der Waals surface area contributed by atoms with Gasteiger partial charge in [0.15, 0.2) is 0 Å². The zero-order chi connectivity index (χ0) is 22.3. The maximum atomic E-state index is 12.9. The first-order valence-corrected chi connectivity index (χ1v) is 11.2. The quantitative estimate of drug-likeness (QED) is 0.672. The summed E-state index contributed by atoms with van der Waals surface area (Å²) in [6.07, 6.45) is 3.23. The lowest BCUT2D eigenvalue weighted by Gasteiger charge is -2.31. The lowest BCUT2D eigenvalue weighted by molar-refractivity contribution is -0.121. The maximum Gasteiger partial charge on any atom is 0.321 e. The Kier molecular flexibility index (Phi) is 6.89. The van der Waals surface area contributed by atoms with Crippen molar-refractivity contribution in [2.45, 2.75) is 25.7 Å². The van der Waals surface area contributed by atoms with Crippen molar-refractivity contribution < 1.29 is 14.4 Å². The van der Waals surface area contributed by atoms with Gasteiger partial charge in [-0.05, 0) is 49.9 Å². The first-order chi connectivity index (χ1) is 15.6. The number of rotatable bonds is 4. The third-order valence-electron chi connectivity index (χ3n) is 6.00. The average molecular weight is 436 g/mol. The van der Waals surface area contributed by atoms with Gasteiger partial charge in [-0.1, -0.05) is 30.3 Å². The van der Waals surface area contributed by atoms with E-state index in [1.807, 2.05) is 42.5 Å². The number of carbonyl (C=O) groups is 3. The molecule has 168 valence electrons. The molecular formula is C24H29N5O3. The van der Waals surface area contributed by atoms with Crippen molar-refractivity contribution in [3.63, 3.8) is 0 Å². The van der Waals surface area contributed by atoms with E-state index in [1.165, 1.54) is 0 Å². The van der Waals surface area contributed by atoms with Crippen molar-refractivity contribution in [3.05, 3.63) is 54.6 Å². The molecule has 2 aliphatic rings. The number of likely N-dealkylation sites (tertiary alicyclic amines) is 2. The molecule has 0 spiro atoms. The highest BCUT2D eigenvalue weighted by atomic mass is 16.2. The van der Waals surface area contributed by atoms with Crippen LogP contribution in [0.15, 0.2) is 54.6 Å². The second-order valence-electron chi connectivity index (χ2n) is 8.22. The second-order valence-corrected chi connectivity index (χ2v) is 8.22. The molecular weight excluding hydrogens is 406 g/mol. The van der Waals surface area contributed by atoms with Gasteiger partial charge in [0.2, 0.25) is 5.91 Å². The molecule has 2 saturated heterocycles. The topological polar surface area (TPSA) is 93.8 Å². The van der Waals surface area contributed by atoms with E-state index in [-0.39, 0.29) is 23.9 Å². The second kappa shape index (κ2) is 10.2. The largest absolute Gasteiger partial charge is 0.325 e. The molecule has 2 aliphatic heterocycles. The van der Waals surface area contributed by atoms with Crippen LogP contribution in [0.3, 0.4) is 0 Å². The number of nitrogens with one attached hydrogen (secondary N) is 3. The van der Waals surface area contributed by atoms with Crippen LogP contribution < -0.4 is 16.0 Å². The third-order valence-corrected chi connectivity index (χ3v) is 6.00. The number of urea groups is 2. The van der Waals surface area contributed by atoms with E-state index in [1.54, 1.807) is 21.9 Å². The van der Waals surface area contributed by atoms with Gasteiger partial charge in [0.1, 0.15) is 0 Å². The van der Waals surface area contributed by atoms with Crippen LogP contribution in [-0.2, 0) is 4.79 Å². The van der Waals surface area contributed by atoms with E-state index in [9.17, 15) is 14.4 Å². The van der Waals surface area contributed by atoms with Crippen molar-refractivity contribution in [1.82, 2.24) is 9.80 Å². The molecule has 32 heavy (non-hydrogen) atoms. The van der Waals surface area contributed by atoms with Crippen LogP contribution in [0, 0.1) is 5.92 Å². The number of para-hydroxylation sites is 3. The predicted molar refractivity (Wildman–Crippen MR) is 125 cm³/mol. The van der Waals surface area contributed by atoms with Crippen molar-refractivity contribution in [2.24, 2.45) is 5.92 Å². The van der Waals surface area contributed by atoms with Crippen LogP contribution >= 0.6 is 0 Å². The van der Waals surface area contributed by atoms with Gasteiger partial charge in [-0.25, -0.2) is 9.59 Å². The van der Waals surface area contributed by atoms with Gasteiger partial charge in [-0.15, -0.1) is 0 Å². The van der Waals surface area contributed by atoms with Gasteiger partial charge in [0.05, 0.1) is 11.4 Å². The van der Waals surface area contributed by atoms with Crippen molar-refractivity contribution >= 4 is 35.0 Å². The van der Waals surface area contributed by atoms with E-state index in [4.69, 9.17) is 0 Å². The van der Waals surface area contributed by atoms with E-state index in [0.29, 0.717) is 37.3 Å². The molecule has 0 saturated carbocycles. The van der Waals surface area contributed by atoms with E-state index in [2.05, 4.69) is 16.0 Å². The maximum absolute atomic E-state index is 12.9. The summed E-state index contributed by atoms with van der Waals surface area (Å²) < 4.78 is 0. The molecule has 2 heterocycles. The Hall–Kier alpha value is -3.55. The molecule has 0 atom stereocenters. The highest BCUT2D eigenvalue weighted by molar-refractivity contribution is 6.00. The SMILES string of the molecule is O=C(Nc1ccccc1NC(=O)N1CCCC1)C1CCN(C(=O)Nc2ccccc2)CC1. The Morgan fingerprint density at radius 3 is 1.84 bits per heavy atom. The molecule has 8 heteroatoms. The minimum Gasteiger partial charge on any atom is -0.325 e. The summed E-state index contributed by atoms with van der Waals surface area (Å²) in [7, 11) is 0. The molecule has 0 bridgehead atoms. The normalized spacial score (nSPS) is 16.5. The Morgan fingerprint density at radius 1 is 0.656 bits per heavy atom. The summed E-state index contributed by atoms with van der Waals surface area (Å²) in [4.78, 5) is 41.3. The minimum atomic E-state index is -0.182. The van der Waals surface area contributed by atoms with E-state index in [0.717, 1.165) is 31.6 Å². The number of nitrogens with zero attached hydrogens (tertiary/aromatic N) is 2. The first-order valence-electron chi connectivity index (χ1n) is 11.2. The number of benzene rings is 2. The van der Waals surface area contributed by atoms with Crippen LogP contribution in [0.1, 0.15) is 25.7 Å². The van der Waals surface area contributed by atoms with Crippen molar-refractivity contribution in [3.8, 4) is 0 Å². The molecule has 0 radical (unpaired) electrons. The molecule has 0 aromatic heterocycles. The number of hydrogen-bond acceptors (Lipinski definition) is 3. The predicted octanol–water partition coefficient (Wildman–Crippen LogP) is 4.20. The minimum absolute atomic E-state index is 0.0870. The molecule has 5 amide bonds.